The highest BCUT2D eigenvalue weighted by molar-refractivity contribution is 7.18. The third-order valence-electron chi connectivity index (χ3n) is 5.85. The average Bonchev–Trinajstić information content (AvgIpc) is 3.44. The summed E-state index contributed by atoms with van der Waals surface area (Å²) < 4.78 is 1.44. The number of aromatic nitrogens is 2. The molecule has 5 rings (SSSR count). The SMILES string of the molecule is CN(C(=O)Cn1cnc2scc(-c3cccs3)c2c1=O)C1CCCc2ccccc21. The molecule has 0 saturated carbocycles. The van der Waals surface area contributed by atoms with E-state index in [-0.39, 0.29) is 24.1 Å². The van der Waals surface area contributed by atoms with Crippen molar-refractivity contribution in [3.05, 3.63) is 75.0 Å². The minimum atomic E-state index is -0.157. The minimum Gasteiger partial charge on any atom is -0.337 e. The lowest BCUT2D eigenvalue weighted by Crippen LogP contribution is -2.37. The van der Waals surface area contributed by atoms with Crippen LogP contribution in [0.25, 0.3) is 20.7 Å². The lowest BCUT2D eigenvalue weighted by atomic mass is 9.87. The number of hydrogen-bond donors (Lipinski definition) is 0. The summed E-state index contributed by atoms with van der Waals surface area (Å²) in [6.45, 7) is -0.00331. The van der Waals surface area contributed by atoms with Crippen LogP contribution in [-0.4, -0.2) is 27.4 Å². The van der Waals surface area contributed by atoms with Crippen LogP contribution in [0.3, 0.4) is 0 Å². The van der Waals surface area contributed by atoms with E-state index in [9.17, 15) is 9.59 Å². The second-order valence-corrected chi connectivity index (χ2v) is 9.40. The van der Waals surface area contributed by atoms with Gasteiger partial charge in [0.1, 0.15) is 11.4 Å². The summed E-state index contributed by atoms with van der Waals surface area (Å²) in [5.74, 6) is -0.0761. The second kappa shape index (κ2) is 7.81. The summed E-state index contributed by atoms with van der Waals surface area (Å²) in [5.41, 5.74) is 3.28. The monoisotopic (exact) mass is 435 g/mol. The van der Waals surface area contributed by atoms with E-state index in [2.05, 4.69) is 23.2 Å². The van der Waals surface area contributed by atoms with E-state index >= 15 is 0 Å². The summed E-state index contributed by atoms with van der Waals surface area (Å²) in [7, 11) is 1.84. The topological polar surface area (TPSA) is 55.2 Å². The molecule has 1 unspecified atom stereocenters. The van der Waals surface area contributed by atoms with Gasteiger partial charge in [0.25, 0.3) is 5.56 Å². The van der Waals surface area contributed by atoms with Gasteiger partial charge in [-0.2, -0.15) is 0 Å². The van der Waals surface area contributed by atoms with E-state index in [1.807, 2.05) is 36.0 Å². The molecule has 0 aliphatic heterocycles. The Balaban J connectivity index is 1.45. The van der Waals surface area contributed by atoms with Crippen LogP contribution in [0.15, 0.2) is 58.3 Å². The van der Waals surface area contributed by atoms with Gasteiger partial charge in [-0.25, -0.2) is 4.98 Å². The number of fused-ring (bicyclic) bond motifs is 2. The van der Waals surface area contributed by atoms with Crippen LogP contribution in [0.5, 0.6) is 0 Å². The smallest absolute Gasteiger partial charge is 0.263 e. The number of nitrogens with zero attached hydrogens (tertiary/aromatic N) is 3. The lowest BCUT2D eigenvalue weighted by molar-refractivity contribution is -0.133. The molecule has 0 saturated heterocycles. The van der Waals surface area contributed by atoms with Crippen LogP contribution >= 0.6 is 22.7 Å². The largest absolute Gasteiger partial charge is 0.337 e. The number of thiophene rings is 2. The first-order chi connectivity index (χ1) is 14.6. The fourth-order valence-corrected chi connectivity index (χ4v) is 5.98. The summed E-state index contributed by atoms with van der Waals surface area (Å²) >= 11 is 3.06. The molecular formula is C23H21N3O2S2. The Bertz CT molecular complexity index is 1270. The lowest BCUT2D eigenvalue weighted by Gasteiger charge is -2.33. The Labute approximate surface area is 182 Å². The van der Waals surface area contributed by atoms with Crippen LogP contribution in [0.4, 0.5) is 0 Å². The summed E-state index contributed by atoms with van der Waals surface area (Å²) in [6.07, 6.45) is 4.56. The van der Waals surface area contributed by atoms with Gasteiger partial charge >= 0.3 is 0 Å². The van der Waals surface area contributed by atoms with Gasteiger partial charge in [0, 0.05) is 22.9 Å². The number of amides is 1. The molecule has 5 nitrogen and oxygen atoms in total. The van der Waals surface area contributed by atoms with E-state index < -0.39 is 0 Å². The summed E-state index contributed by atoms with van der Waals surface area (Å²) in [5, 5.41) is 4.57. The molecular weight excluding hydrogens is 414 g/mol. The van der Waals surface area contributed by atoms with Crippen molar-refractivity contribution < 1.29 is 4.79 Å². The van der Waals surface area contributed by atoms with Gasteiger partial charge in [0.2, 0.25) is 5.91 Å². The quantitative estimate of drug-likeness (QED) is 0.466. The number of carbonyl (C=O) groups is 1. The van der Waals surface area contributed by atoms with Gasteiger partial charge < -0.3 is 4.90 Å². The molecule has 4 aromatic rings. The van der Waals surface area contributed by atoms with Gasteiger partial charge in [-0.05, 0) is 41.8 Å². The van der Waals surface area contributed by atoms with Crippen LogP contribution < -0.4 is 5.56 Å². The Morgan fingerprint density at radius 1 is 1.23 bits per heavy atom. The van der Waals surface area contributed by atoms with E-state index in [1.165, 1.54) is 33.4 Å². The highest BCUT2D eigenvalue weighted by Gasteiger charge is 2.27. The maximum Gasteiger partial charge on any atom is 0.263 e. The molecule has 7 heteroatoms. The van der Waals surface area contributed by atoms with Crippen molar-refractivity contribution in [3.8, 4) is 10.4 Å². The second-order valence-electron chi connectivity index (χ2n) is 7.60. The number of rotatable bonds is 4. The Hall–Kier alpha value is -2.77. The summed E-state index contributed by atoms with van der Waals surface area (Å²) in [6, 6.07) is 12.4. The molecule has 152 valence electrons. The van der Waals surface area contributed by atoms with Crippen molar-refractivity contribution in [2.24, 2.45) is 0 Å². The van der Waals surface area contributed by atoms with Crippen LogP contribution in [0, 0.1) is 0 Å². The first-order valence-electron chi connectivity index (χ1n) is 9.97. The zero-order valence-electron chi connectivity index (χ0n) is 16.6. The molecule has 3 heterocycles. The first-order valence-corrected chi connectivity index (χ1v) is 11.7. The number of likely N-dealkylation sites (N-methyl/N-ethyl adjacent to an activating group) is 1. The molecule has 1 aromatic carbocycles. The zero-order chi connectivity index (χ0) is 20.7. The van der Waals surface area contributed by atoms with Gasteiger partial charge in [0.05, 0.1) is 17.8 Å². The molecule has 0 N–H and O–H groups in total. The van der Waals surface area contributed by atoms with Gasteiger partial charge in [-0.1, -0.05) is 30.3 Å². The average molecular weight is 436 g/mol. The molecule has 1 aliphatic carbocycles. The zero-order valence-corrected chi connectivity index (χ0v) is 18.2. The molecule has 3 aromatic heterocycles. The van der Waals surface area contributed by atoms with Crippen molar-refractivity contribution in [3.63, 3.8) is 0 Å². The Kier molecular flexibility index (Phi) is 5.00. The van der Waals surface area contributed by atoms with Crippen molar-refractivity contribution >= 4 is 38.8 Å². The fourth-order valence-electron chi connectivity index (χ4n) is 4.26. The third-order valence-corrected chi connectivity index (χ3v) is 7.64. The van der Waals surface area contributed by atoms with Crippen LogP contribution in [-0.2, 0) is 17.8 Å². The molecule has 0 bridgehead atoms. The van der Waals surface area contributed by atoms with E-state index in [0.29, 0.717) is 10.2 Å². The molecule has 1 atom stereocenters. The maximum atomic E-state index is 13.2. The Morgan fingerprint density at radius 3 is 2.93 bits per heavy atom. The number of carbonyl (C=O) groups excluding carboxylic acids is 1. The normalized spacial score (nSPS) is 15.8. The van der Waals surface area contributed by atoms with Crippen molar-refractivity contribution in [2.75, 3.05) is 7.05 Å². The molecule has 0 spiro atoms. The van der Waals surface area contributed by atoms with Crippen LogP contribution in [0.2, 0.25) is 0 Å². The molecule has 1 amide bonds. The fraction of sp³-hybridized carbons (Fsp3) is 0.261. The van der Waals surface area contributed by atoms with E-state index in [1.54, 1.807) is 16.2 Å². The van der Waals surface area contributed by atoms with Crippen LogP contribution in [0.1, 0.15) is 30.0 Å². The molecule has 0 fully saturated rings. The minimum absolute atomic E-state index is 0.00331. The summed E-state index contributed by atoms with van der Waals surface area (Å²) in [4.78, 5) is 34.3. The predicted octanol–water partition coefficient (Wildman–Crippen LogP) is 4.72. The molecule has 0 radical (unpaired) electrons. The van der Waals surface area contributed by atoms with Crippen molar-refractivity contribution in [1.82, 2.24) is 14.5 Å². The number of hydrogen-bond acceptors (Lipinski definition) is 5. The molecule has 1 aliphatic rings. The number of benzene rings is 1. The van der Waals surface area contributed by atoms with Gasteiger partial charge in [0.15, 0.2) is 0 Å². The van der Waals surface area contributed by atoms with Crippen molar-refractivity contribution in [1.29, 1.82) is 0 Å². The molecule has 30 heavy (non-hydrogen) atoms. The number of aryl methyl sites for hydroxylation is 1. The van der Waals surface area contributed by atoms with Crippen molar-refractivity contribution in [2.45, 2.75) is 31.8 Å². The highest BCUT2D eigenvalue weighted by Crippen LogP contribution is 2.34. The maximum absolute atomic E-state index is 13.2. The third kappa shape index (κ3) is 3.28. The van der Waals surface area contributed by atoms with Gasteiger partial charge in [-0.3, -0.25) is 14.2 Å². The Morgan fingerprint density at radius 2 is 2.10 bits per heavy atom. The predicted molar refractivity (Wildman–Crippen MR) is 122 cm³/mol. The first kappa shape index (κ1) is 19.2. The van der Waals surface area contributed by atoms with E-state index in [0.717, 1.165) is 29.7 Å². The van der Waals surface area contributed by atoms with Gasteiger partial charge in [-0.15, -0.1) is 22.7 Å². The highest BCUT2D eigenvalue weighted by atomic mass is 32.1. The van der Waals surface area contributed by atoms with E-state index in [4.69, 9.17) is 0 Å². The standard InChI is InChI=1S/C23H21N3O2S2/c1-25(18-9-4-7-15-6-2-3-8-16(15)18)20(27)12-26-14-24-22-21(23(26)28)17(13-30-22)19-10-5-11-29-19/h2-3,5-6,8,10-11,13-14,18H,4,7,9,12H2,1H3.